The molecule has 0 aliphatic heterocycles. The SMILES string of the molecule is CSC(C)CCn1c(=S)[nH]c2c(S(C)(=O)=O)cccc21. The number of hydrogen-bond acceptors (Lipinski definition) is 4. The van der Waals surface area contributed by atoms with Crippen molar-refractivity contribution < 1.29 is 8.42 Å². The quantitative estimate of drug-likeness (QED) is 0.855. The number of para-hydroxylation sites is 1. The molecule has 1 heterocycles. The number of H-pyrrole nitrogens is 1. The van der Waals surface area contributed by atoms with Crippen LogP contribution in [-0.2, 0) is 16.4 Å². The van der Waals surface area contributed by atoms with Crippen molar-refractivity contribution in [2.45, 2.75) is 30.0 Å². The molecule has 0 saturated carbocycles. The molecule has 0 radical (unpaired) electrons. The van der Waals surface area contributed by atoms with E-state index >= 15 is 0 Å². The molecule has 0 bridgehead atoms. The summed E-state index contributed by atoms with van der Waals surface area (Å²) in [6, 6.07) is 5.27. The lowest BCUT2D eigenvalue weighted by Gasteiger charge is -2.09. The second-order valence-corrected chi connectivity index (χ2v) is 8.49. The van der Waals surface area contributed by atoms with Crippen molar-refractivity contribution in [3.05, 3.63) is 23.0 Å². The number of nitrogens with zero attached hydrogens (tertiary/aromatic N) is 1. The molecule has 0 amide bonds. The number of thioether (sulfide) groups is 1. The van der Waals surface area contributed by atoms with E-state index in [0.717, 1.165) is 18.5 Å². The van der Waals surface area contributed by atoms with Crippen LogP contribution in [-0.4, -0.2) is 35.7 Å². The molecule has 7 heteroatoms. The van der Waals surface area contributed by atoms with Crippen LogP contribution < -0.4 is 0 Å². The molecule has 1 aromatic heterocycles. The summed E-state index contributed by atoms with van der Waals surface area (Å²) in [6.07, 6.45) is 4.29. The van der Waals surface area contributed by atoms with Gasteiger partial charge in [0, 0.05) is 18.1 Å². The molecular weight excluding hydrogens is 312 g/mol. The highest BCUT2D eigenvalue weighted by molar-refractivity contribution is 7.99. The van der Waals surface area contributed by atoms with Gasteiger partial charge in [0.1, 0.15) is 0 Å². The molecule has 1 aromatic carbocycles. The minimum Gasteiger partial charge on any atom is -0.329 e. The summed E-state index contributed by atoms with van der Waals surface area (Å²) < 4.78 is 26.2. The van der Waals surface area contributed by atoms with Crippen LogP contribution in [0.3, 0.4) is 0 Å². The Kier molecular flexibility index (Phi) is 4.61. The van der Waals surface area contributed by atoms with Crippen LogP contribution in [0.15, 0.2) is 23.1 Å². The summed E-state index contributed by atoms with van der Waals surface area (Å²) in [4.78, 5) is 3.34. The molecule has 1 N–H and O–H groups in total. The monoisotopic (exact) mass is 330 g/mol. The molecule has 2 rings (SSSR count). The Labute approximate surface area is 128 Å². The predicted octanol–water partition coefficient (Wildman–Crippen LogP) is 3.24. The van der Waals surface area contributed by atoms with Crippen molar-refractivity contribution in [2.75, 3.05) is 12.5 Å². The molecule has 20 heavy (non-hydrogen) atoms. The summed E-state index contributed by atoms with van der Waals surface area (Å²) in [5, 5.41) is 0.542. The van der Waals surface area contributed by atoms with Crippen molar-refractivity contribution in [3.63, 3.8) is 0 Å². The Morgan fingerprint density at radius 2 is 2.15 bits per heavy atom. The fourth-order valence-electron chi connectivity index (χ4n) is 2.11. The van der Waals surface area contributed by atoms with Gasteiger partial charge in [0.15, 0.2) is 14.6 Å². The van der Waals surface area contributed by atoms with E-state index in [1.807, 2.05) is 22.4 Å². The van der Waals surface area contributed by atoms with Gasteiger partial charge in [-0.1, -0.05) is 13.0 Å². The highest BCUT2D eigenvalue weighted by Crippen LogP contribution is 2.23. The fraction of sp³-hybridized carbons (Fsp3) is 0.462. The smallest absolute Gasteiger partial charge is 0.178 e. The van der Waals surface area contributed by atoms with Crippen molar-refractivity contribution in [3.8, 4) is 0 Å². The third-order valence-corrected chi connectivity index (χ3v) is 5.84. The number of aromatic nitrogens is 2. The van der Waals surface area contributed by atoms with Gasteiger partial charge in [-0.3, -0.25) is 0 Å². The maximum absolute atomic E-state index is 11.8. The Bertz CT molecular complexity index is 775. The molecule has 0 aliphatic carbocycles. The zero-order valence-corrected chi connectivity index (χ0v) is 14.2. The Balaban J connectivity index is 2.53. The largest absolute Gasteiger partial charge is 0.329 e. The summed E-state index contributed by atoms with van der Waals surface area (Å²) in [5.41, 5.74) is 1.46. The highest BCUT2D eigenvalue weighted by atomic mass is 32.2. The van der Waals surface area contributed by atoms with Gasteiger partial charge in [-0.2, -0.15) is 11.8 Å². The summed E-state index contributed by atoms with van der Waals surface area (Å²) in [6.45, 7) is 2.96. The Morgan fingerprint density at radius 1 is 1.45 bits per heavy atom. The first-order valence-electron chi connectivity index (χ1n) is 6.29. The fourth-order valence-corrected chi connectivity index (χ4v) is 3.60. The average molecular weight is 331 g/mol. The van der Waals surface area contributed by atoms with E-state index in [-0.39, 0.29) is 0 Å². The minimum absolute atomic E-state index is 0.303. The van der Waals surface area contributed by atoms with E-state index in [0.29, 0.717) is 20.4 Å². The van der Waals surface area contributed by atoms with Crippen LogP contribution in [0, 0.1) is 4.77 Å². The average Bonchev–Trinajstić information content (AvgIpc) is 2.70. The molecule has 110 valence electrons. The number of sulfone groups is 1. The minimum atomic E-state index is -3.26. The number of hydrogen-bond donors (Lipinski definition) is 1. The standard InChI is InChI=1S/C13H18N2O2S3/c1-9(19-2)7-8-15-10-5-4-6-11(20(3,16)17)12(10)14-13(15)18/h4-6,9H,7-8H2,1-3H3,(H,14,18). The molecule has 4 nitrogen and oxygen atoms in total. The number of imidazole rings is 1. The van der Waals surface area contributed by atoms with Crippen LogP contribution >= 0.6 is 24.0 Å². The van der Waals surface area contributed by atoms with Gasteiger partial charge in [0.05, 0.1) is 15.9 Å². The zero-order valence-electron chi connectivity index (χ0n) is 11.7. The summed E-state index contributed by atoms with van der Waals surface area (Å²) in [7, 11) is -3.26. The van der Waals surface area contributed by atoms with Gasteiger partial charge >= 0.3 is 0 Å². The third kappa shape index (κ3) is 3.10. The second-order valence-electron chi connectivity index (χ2n) is 4.84. The van der Waals surface area contributed by atoms with Crippen molar-refractivity contribution in [1.82, 2.24) is 9.55 Å². The Morgan fingerprint density at radius 3 is 2.75 bits per heavy atom. The third-order valence-electron chi connectivity index (χ3n) is 3.33. The van der Waals surface area contributed by atoms with Gasteiger partial charge in [-0.25, -0.2) is 8.42 Å². The molecule has 0 saturated heterocycles. The van der Waals surface area contributed by atoms with Crippen molar-refractivity contribution in [1.29, 1.82) is 0 Å². The summed E-state index contributed by atoms with van der Waals surface area (Å²) in [5.74, 6) is 0. The highest BCUT2D eigenvalue weighted by Gasteiger charge is 2.15. The number of rotatable bonds is 5. The lowest BCUT2D eigenvalue weighted by Crippen LogP contribution is -2.05. The second kappa shape index (κ2) is 5.91. The van der Waals surface area contributed by atoms with Crippen LogP contribution in [0.2, 0.25) is 0 Å². The first-order chi connectivity index (χ1) is 9.34. The number of benzene rings is 1. The maximum atomic E-state index is 11.8. The van der Waals surface area contributed by atoms with Gasteiger partial charge in [-0.15, -0.1) is 0 Å². The van der Waals surface area contributed by atoms with Crippen LogP contribution in [0.1, 0.15) is 13.3 Å². The molecule has 0 fully saturated rings. The first-order valence-corrected chi connectivity index (χ1v) is 9.87. The first kappa shape index (κ1) is 15.6. The van der Waals surface area contributed by atoms with E-state index in [4.69, 9.17) is 12.2 Å². The number of nitrogens with one attached hydrogen (secondary N) is 1. The number of aryl methyl sites for hydroxylation is 1. The van der Waals surface area contributed by atoms with Crippen LogP contribution in [0.25, 0.3) is 11.0 Å². The lowest BCUT2D eigenvalue weighted by molar-refractivity contribution is 0.602. The van der Waals surface area contributed by atoms with Crippen molar-refractivity contribution in [2.24, 2.45) is 0 Å². The van der Waals surface area contributed by atoms with E-state index in [1.165, 1.54) is 6.26 Å². The van der Waals surface area contributed by atoms with Gasteiger partial charge < -0.3 is 9.55 Å². The maximum Gasteiger partial charge on any atom is 0.178 e. The van der Waals surface area contributed by atoms with Gasteiger partial charge in [0.2, 0.25) is 0 Å². The van der Waals surface area contributed by atoms with E-state index in [1.54, 1.807) is 12.1 Å². The molecule has 1 unspecified atom stereocenters. The van der Waals surface area contributed by atoms with Gasteiger partial charge in [-0.05, 0) is 37.0 Å². The topological polar surface area (TPSA) is 54.9 Å². The molecule has 2 aromatic rings. The van der Waals surface area contributed by atoms with Crippen LogP contribution in [0.4, 0.5) is 0 Å². The number of aromatic amines is 1. The van der Waals surface area contributed by atoms with E-state index in [9.17, 15) is 8.42 Å². The Hall–Kier alpha value is -0.790. The molecule has 0 spiro atoms. The van der Waals surface area contributed by atoms with E-state index in [2.05, 4.69) is 18.2 Å². The summed E-state index contributed by atoms with van der Waals surface area (Å²) >= 11 is 7.14. The van der Waals surface area contributed by atoms with Crippen LogP contribution in [0.5, 0.6) is 0 Å². The predicted molar refractivity (Wildman–Crippen MR) is 87.8 cm³/mol. The number of fused-ring (bicyclic) bond motifs is 1. The molecular formula is C13H18N2O2S3. The van der Waals surface area contributed by atoms with Crippen molar-refractivity contribution >= 4 is 44.9 Å². The molecule has 0 aliphatic rings. The zero-order chi connectivity index (χ0) is 14.9. The lowest BCUT2D eigenvalue weighted by atomic mass is 10.3. The normalized spacial score (nSPS) is 13.8. The van der Waals surface area contributed by atoms with E-state index < -0.39 is 9.84 Å². The van der Waals surface area contributed by atoms with Gasteiger partial charge in [0.25, 0.3) is 0 Å². The molecule has 1 atom stereocenters.